The van der Waals surface area contributed by atoms with E-state index in [1.165, 1.54) is 0 Å². The number of ether oxygens (including phenoxy) is 1. The Bertz CT molecular complexity index is 405. The van der Waals surface area contributed by atoms with Gasteiger partial charge in [-0.1, -0.05) is 26.0 Å². The van der Waals surface area contributed by atoms with Gasteiger partial charge >= 0.3 is 6.09 Å². The summed E-state index contributed by atoms with van der Waals surface area (Å²) in [5.74, 6) is 0.338. The Morgan fingerprint density at radius 2 is 2.06 bits per heavy atom. The van der Waals surface area contributed by atoms with Crippen molar-refractivity contribution < 1.29 is 9.53 Å². The minimum Gasteiger partial charge on any atom is -0.449 e. The van der Waals surface area contributed by atoms with Gasteiger partial charge in [-0.05, 0) is 30.5 Å². The van der Waals surface area contributed by atoms with E-state index in [9.17, 15) is 4.79 Å². The van der Waals surface area contributed by atoms with E-state index >= 15 is 0 Å². The van der Waals surface area contributed by atoms with Crippen molar-refractivity contribution >= 4 is 11.8 Å². The van der Waals surface area contributed by atoms with Crippen LogP contribution in [0.1, 0.15) is 32.4 Å². The molecule has 0 saturated carbocycles. The van der Waals surface area contributed by atoms with Crippen LogP contribution < -0.4 is 5.73 Å². The molecule has 1 aromatic rings. The first-order chi connectivity index (χ1) is 8.41. The number of hydrogen-bond donors (Lipinski definition) is 1. The summed E-state index contributed by atoms with van der Waals surface area (Å²) in [7, 11) is 1.73. The largest absolute Gasteiger partial charge is 0.449 e. The molecule has 0 spiro atoms. The van der Waals surface area contributed by atoms with Gasteiger partial charge in [-0.15, -0.1) is 0 Å². The Kier molecular flexibility index (Phi) is 5.01. The molecule has 1 atom stereocenters. The van der Waals surface area contributed by atoms with Gasteiger partial charge in [0, 0.05) is 12.7 Å². The zero-order chi connectivity index (χ0) is 13.7. The first kappa shape index (κ1) is 14.4. The first-order valence-electron chi connectivity index (χ1n) is 6.16. The molecule has 4 heteroatoms. The number of benzene rings is 1. The lowest BCUT2D eigenvalue weighted by atomic mass is 10.1. The van der Waals surface area contributed by atoms with E-state index < -0.39 is 0 Å². The van der Waals surface area contributed by atoms with E-state index in [0.29, 0.717) is 18.2 Å². The van der Waals surface area contributed by atoms with Crippen molar-refractivity contribution in [2.45, 2.75) is 26.8 Å². The third kappa shape index (κ3) is 3.95. The Balaban J connectivity index is 2.65. The summed E-state index contributed by atoms with van der Waals surface area (Å²) < 4.78 is 5.19. The minimum absolute atomic E-state index is 0.0619. The summed E-state index contributed by atoms with van der Waals surface area (Å²) in [5.41, 5.74) is 7.43. The van der Waals surface area contributed by atoms with Crippen LogP contribution >= 0.6 is 0 Å². The second-order valence-corrected chi connectivity index (χ2v) is 4.93. The van der Waals surface area contributed by atoms with Crippen LogP contribution in [0, 0.1) is 5.92 Å². The van der Waals surface area contributed by atoms with Crippen LogP contribution in [-0.4, -0.2) is 24.6 Å². The van der Waals surface area contributed by atoms with E-state index in [2.05, 4.69) is 0 Å². The van der Waals surface area contributed by atoms with E-state index in [1.54, 1.807) is 11.9 Å². The fraction of sp³-hybridized carbons (Fsp3) is 0.500. The number of amides is 1. The van der Waals surface area contributed by atoms with Gasteiger partial charge < -0.3 is 15.4 Å². The maximum Gasteiger partial charge on any atom is 0.410 e. The highest BCUT2D eigenvalue weighted by atomic mass is 16.6. The van der Waals surface area contributed by atoms with E-state index in [4.69, 9.17) is 10.5 Å². The topological polar surface area (TPSA) is 55.6 Å². The molecule has 0 aromatic heterocycles. The second-order valence-electron chi connectivity index (χ2n) is 4.93. The Morgan fingerprint density at radius 3 is 2.61 bits per heavy atom. The van der Waals surface area contributed by atoms with Crippen LogP contribution in [-0.2, 0) is 4.74 Å². The number of rotatable bonds is 4. The second kappa shape index (κ2) is 6.28. The third-order valence-corrected chi connectivity index (χ3v) is 2.80. The highest BCUT2D eigenvalue weighted by molar-refractivity contribution is 5.68. The van der Waals surface area contributed by atoms with Crippen LogP contribution in [0.15, 0.2) is 24.3 Å². The molecule has 0 aliphatic carbocycles. The highest BCUT2D eigenvalue weighted by Gasteiger charge is 2.18. The highest BCUT2D eigenvalue weighted by Crippen LogP contribution is 2.21. The van der Waals surface area contributed by atoms with Gasteiger partial charge in [0.2, 0.25) is 0 Å². The maximum absolute atomic E-state index is 11.8. The Morgan fingerprint density at radius 1 is 1.39 bits per heavy atom. The van der Waals surface area contributed by atoms with Crippen LogP contribution in [0.3, 0.4) is 0 Å². The monoisotopic (exact) mass is 250 g/mol. The molecule has 0 heterocycles. The van der Waals surface area contributed by atoms with Crippen LogP contribution in [0.2, 0.25) is 0 Å². The molecule has 0 aliphatic heterocycles. The summed E-state index contributed by atoms with van der Waals surface area (Å²) in [6.07, 6.45) is -0.307. The third-order valence-electron chi connectivity index (χ3n) is 2.80. The minimum atomic E-state index is -0.307. The summed E-state index contributed by atoms with van der Waals surface area (Å²) in [4.78, 5) is 13.4. The lowest BCUT2D eigenvalue weighted by molar-refractivity contribution is 0.0894. The molecule has 2 N–H and O–H groups in total. The fourth-order valence-corrected chi connectivity index (χ4v) is 1.54. The van der Waals surface area contributed by atoms with E-state index in [0.717, 1.165) is 5.56 Å². The first-order valence-corrected chi connectivity index (χ1v) is 6.16. The molecule has 0 saturated heterocycles. The quantitative estimate of drug-likeness (QED) is 0.835. The lowest BCUT2D eigenvalue weighted by Crippen LogP contribution is -2.31. The van der Waals surface area contributed by atoms with Gasteiger partial charge in [-0.25, -0.2) is 4.79 Å². The molecular weight excluding hydrogens is 228 g/mol. The molecule has 100 valence electrons. The van der Waals surface area contributed by atoms with Crippen molar-refractivity contribution in [3.63, 3.8) is 0 Å². The molecule has 4 nitrogen and oxygen atoms in total. The van der Waals surface area contributed by atoms with Crippen molar-refractivity contribution in [1.29, 1.82) is 0 Å². The predicted octanol–water partition coefficient (Wildman–Crippen LogP) is 3.05. The SMILES string of the molecule is CC(C)COC(=O)N(C)C(C)c1cccc(N)c1. The number of nitrogens with zero attached hydrogens (tertiary/aromatic N) is 1. The molecule has 1 amide bonds. The number of carbonyl (C=O) groups is 1. The number of nitrogen functional groups attached to an aromatic ring is 1. The van der Waals surface area contributed by atoms with Gasteiger partial charge in [-0.3, -0.25) is 0 Å². The molecule has 18 heavy (non-hydrogen) atoms. The van der Waals surface area contributed by atoms with Crippen molar-refractivity contribution in [2.75, 3.05) is 19.4 Å². The molecule has 0 bridgehead atoms. The van der Waals surface area contributed by atoms with Crippen molar-refractivity contribution in [3.8, 4) is 0 Å². The van der Waals surface area contributed by atoms with Gasteiger partial charge in [-0.2, -0.15) is 0 Å². The standard InChI is InChI=1S/C14H22N2O2/c1-10(2)9-18-14(17)16(4)11(3)12-6-5-7-13(15)8-12/h5-8,10-11H,9,15H2,1-4H3. The number of carbonyl (C=O) groups excluding carboxylic acids is 1. The lowest BCUT2D eigenvalue weighted by Gasteiger charge is -2.25. The van der Waals surface area contributed by atoms with Crippen LogP contribution in [0.25, 0.3) is 0 Å². The normalized spacial score (nSPS) is 12.3. The summed E-state index contributed by atoms with van der Waals surface area (Å²) in [6.45, 7) is 6.40. The van der Waals surface area contributed by atoms with Crippen molar-refractivity contribution in [3.05, 3.63) is 29.8 Å². The zero-order valence-corrected chi connectivity index (χ0v) is 11.5. The molecule has 0 aliphatic rings. The smallest absolute Gasteiger partial charge is 0.410 e. The molecular formula is C14H22N2O2. The van der Waals surface area contributed by atoms with Crippen molar-refractivity contribution in [2.24, 2.45) is 5.92 Å². The zero-order valence-electron chi connectivity index (χ0n) is 11.5. The van der Waals surface area contributed by atoms with Crippen LogP contribution in [0.5, 0.6) is 0 Å². The number of anilines is 1. The average molecular weight is 250 g/mol. The fourth-order valence-electron chi connectivity index (χ4n) is 1.54. The molecule has 0 radical (unpaired) electrons. The average Bonchev–Trinajstić information content (AvgIpc) is 2.34. The Labute approximate surface area is 109 Å². The van der Waals surface area contributed by atoms with Crippen molar-refractivity contribution in [1.82, 2.24) is 4.90 Å². The van der Waals surface area contributed by atoms with Gasteiger partial charge in [0.25, 0.3) is 0 Å². The van der Waals surface area contributed by atoms with Crippen LogP contribution in [0.4, 0.5) is 10.5 Å². The number of nitrogens with two attached hydrogens (primary N) is 1. The maximum atomic E-state index is 11.8. The van der Waals surface area contributed by atoms with Gasteiger partial charge in [0.1, 0.15) is 0 Å². The molecule has 1 unspecified atom stereocenters. The summed E-state index contributed by atoms with van der Waals surface area (Å²) >= 11 is 0. The predicted molar refractivity (Wildman–Crippen MR) is 73.2 cm³/mol. The molecule has 0 fully saturated rings. The molecule has 1 aromatic carbocycles. The summed E-state index contributed by atoms with van der Waals surface area (Å²) in [5, 5.41) is 0. The van der Waals surface area contributed by atoms with Gasteiger partial charge in [0.15, 0.2) is 0 Å². The number of hydrogen-bond acceptors (Lipinski definition) is 3. The van der Waals surface area contributed by atoms with Gasteiger partial charge in [0.05, 0.1) is 12.6 Å². The Hall–Kier alpha value is -1.71. The summed E-state index contributed by atoms with van der Waals surface area (Å²) in [6, 6.07) is 7.47. The van der Waals surface area contributed by atoms with E-state index in [-0.39, 0.29) is 12.1 Å². The molecule has 1 rings (SSSR count). The van der Waals surface area contributed by atoms with E-state index in [1.807, 2.05) is 45.0 Å².